The number of amides is 1. The Balaban J connectivity index is 2.24. The summed E-state index contributed by atoms with van der Waals surface area (Å²) in [6.07, 6.45) is 4.08. The molecule has 0 aromatic carbocycles. The summed E-state index contributed by atoms with van der Waals surface area (Å²) in [6.45, 7) is 0.154. The molecule has 2 heterocycles. The second-order valence-electron chi connectivity index (χ2n) is 3.67. The summed E-state index contributed by atoms with van der Waals surface area (Å²) >= 11 is 0. The summed E-state index contributed by atoms with van der Waals surface area (Å²) in [5.41, 5.74) is 0.599. The van der Waals surface area contributed by atoms with Crippen molar-refractivity contribution in [2.75, 3.05) is 7.05 Å². The summed E-state index contributed by atoms with van der Waals surface area (Å²) < 4.78 is 1.44. The van der Waals surface area contributed by atoms with Gasteiger partial charge in [-0.3, -0.25) is 9.48 Å². The Labute approximate surface area is 108 Å². The van der Waals surface area contributed by atoms with E-state index in [1.165, 1.54) is 24.3 Å². The minimum absolute atomic E-state index is 0.0134. The predicted molar refractivity (Wildman–Crippen MR) is 63.7 cm³/mol. The van der Waals surface area contributed by atoms with Crippen molar-refractivity contribution in [1.82, 2.24) is 25.1 Å². The zero-order valence-corrected chi connectivity index (χ0v) is 10.1. The van der Waals surface area contributed by atoms with Crippen LogP contribution in [-0.4, -0.2) is 43.8 Å². The van der Waals surface area contributed by atoms with Gasteiger partial charge in [0.15, 0.2) is 0 Å². The molecule has 0 bridgehead atoms. The molecule has 0 saturated heterocycles. The lowest BCUT2D eigenvalue weighted by atomic mass is 10.2. The van der Waals surface area contributed by atoms with E-state index < -0.39 is 5.97 Å². The molecule has 0 fully saturated rings. The van der Waals surface area contributed by atoms with Crippen molar-refractivity contribution >= 4 is 11.9 Å². The van der Waals surface area contributed by atoms with E-state index in [-0.39, 0.29) is 23.7 Å². The van der Waals surface area contributed by atoms with Crippen LogP contribution in [-0.2, 0) is 6.54 Å². The molecular weight excluding hydrogens is 250 g/mol. The number of rotatable bonds is 4. The predicted octanol–water partition coefficient (Wildman–Crippen LogP) is -0.221. The van der Waals surface area contributed by atoms with Crippen LogP contribution in [0.2, 0.25) is 0 Å². The van der Waals surface area contributed by atoms with Gasteiger partial charge >= 0.3 is 5.97 Å². The van der Waals surface area contributed by atoms with Crippen LogP contribution >= 0.6 is 0 Å². The highest BCUT2D eigenvalue weighted by Gasteiger charge is 2.13. The SMILES string of the molecule is CNC(=O)c1ccn(Cc2ncncc2C(=O)O)n1. The van der Waals surface area contributed by atoms with Gasteiger partial charge in [-0.05, 0) is 6.07 Å². The number of hydrogen-bond acceptors (Lipinski definition) is 5. The van der Waals surface area contributed by atoms with Crippen molar-refractivity contribution in [3.05, 3.63) is 41.7 Å². The van der Waals surface area contributed by atoms with Gasteiger partial charge in [-0.2, -0.15) is 5.10 Å². The quantitative estimate of drug-likeness (QED) is 0.787. The molecule has 2 rings (SSSR count). The maximum absolute atomic E-state index is 11.3. The molecule has 0 spiro atoms. The first kappa shape index (κ1) is 12.7. The molecule has 0 atom stereocenters. The van der Waals surface area contributed by atoms with Gasteiger partial charge in [-0.1, -0.05) is 0 Å². The average molecular weight is 261 g/mol. The van der Waals surface area contributed by atoms with Crippen molar-refractivity contribution in [1.29, 1.82) is 0 Å². The van der Waals surface area contributed by atoms with E-state index in [1.807, 2.05) is 0 Å². The lowest BCUT2D eigenvalue weighted by Gasteiger charge is -2.04. The Morgan fingerprint density at radius 2 is 2.26 bits per heavy atom. The molecule has 98 valence electrons. The molecule has 0 unspecified atom stereocenters. The molecule has 0 aliphatic carbocycles. The molecule has 19 heavy (non-hydrogen) atoms. The summed E-state index contributed by atoms with van der Waals surface area (Å²) in [6, 6.07) is 1.54. The fourth-order valence-corrected chi connectivity index (χ4v) is 1.51. The lowest BCUT2D eigenvalue weighted by Crippen LogP contribution is -2.19. The van der Waals surface area contributed by atoms with E-state index >= 15 is 0 Å². The largest absolute Gasteiger partial charge is 0.478 e. The van der Waals surface area contributed by atoms with Gasteiger partial charge in [-0.25, -0.2) is 14.8 Å². The Morgan fingerprint density at radius 3 is 2.95 bits per heavy atom. The molecule has 0 aliphatic heterocycles. The molecule has 2 N–H and O–H groups in total. The standard InChI is InChI=1S/C11H11N5O3/c1-12-10(17)8-2-3-16(15-8)5-9-7(11(18)19)4-13-6-14-9/h2-4,6H,5H2,1H3,(H,12,17)(H,18,19). The van der Waals surface area contributed by atoms with Crippen LogP contribution in [0, 0.1) is 0 Å². The number of carbonyl (C=O) groups is 2. The van der Waals surface area contributed by atoms with Gasteiger partial charge in [0.1, 0.15) is 17.6 Å². The molecule has 2 aromatic rings. The summed E-state index contributed by atoms with van der Waals surface area (Å²) in [4.78, 5) is 29.9. The van der Waals surface area contributed by atoms with Crippen molar-refractivity contribution < 1.29 is 14.7 Å². The average Bonchev–Trinajstić information content (AvgIpc) is 2.86. The third kappa shape index (κ3) is 2.73. The minimum Gasteiger partial charge on any atom is -0.478 e. The maximum Gasteiger partial charge on any atom is 0.339 e. The van der Waals surface area contributed by atoms with Crippen molar-refractivity contribution in [3.8, 4) is 0 Å². The smallest absolute Gasteiger partial charge is 0.339 e. The van der Waals surface area contributed by atoms with Crippen LogP contribution in [0.3, 0.4) is 0 Å². The van der Waals surface area contributed by atoms with E-state index in [1.54, 1.807) is 12.3 Å². The van der Waals surface area contributed by atoms with Crippen LogP contribution in [0.4, 0.5) is 0 Å². The number of carbonyl (C=O) groups excluding carboxylic acids is 1. The van der Waals surface area contributed by atoms with E-state index in [0.717, 1.165) is 0 Å². The van der Waals surface area contributed by atoms with Crippen LogP contribution in [0.5, 0.6) is 0 Å². The van der Waals surface area contributed by atoms with E-state index in [2.05, 4.69) is 20.4 Å². The van der Waals surface area contributed by atoms with E-state index in [9.17, 15) is 9.59 Å². The normalized spacial score (nSPS) is 10.2. The first-order chi connectivity index (χ1) is 9.11. The molecule has 0 aliphatic rings. The highest BCUT2D eigenvalue weighted by molar-refractivity contribution is 5.91. The molecule has 1 amide bonds. The summed E-state index contributed by atoms with van der Waals surface area (Å²) in [5, 5.41) is 15.5. The second kappa shape index (κ2) is 5.25. The number of nitrogens with zero attached hydrogens (tertiary/aromatic N) is 4. The van der Waals surface area contributed by atoms with Gasteiger partial charge in [0.25, 0.3) is 5.91 Å². The fraction of sp³-hybridized carbons (Fsp3) is 0.182. The van der Waals surface area contributed by atoms with Crippen LogP contribution < -0.4 is 5.32 Å². The second-order valence-corrected chi connectivity index (χ2v) is 3.67. The molecule has 8 nitrogen and oxygen atoms in total. The molecule has 8 heteroatoms. The lowest BCUT2D eigenvalue weighted by molar-refractivity contribution is 0.0694. The zero-order chi connectivity index (χ0) is 13.8. The van der Waals surface area contributed by atoms with Gasteiger partial charge in [0, 0.05) is 19.4 Å². The van der Waals surface area contributed by atoms with E-state index in [4.69, 9.17) is 5.11 Å². The molecule has 0 saturated carbocycles. The van der Waals surface area contributed by atoms with Crippen molar-refractivity contribution in [3.63, 3.8) is 0 Å². The van der Waals surface area contributed by atoms with Crippen LogP contribution in [0.25, 0.3) is 0 Å². The maximum atomic E-state index is 11.3. The first-order valence-electron chi connectivity index (χ1n) is 5.39. The topological polar surface area (TPSA) is 110 Å². The molecule has 0 radical (unpaired) electrons. The number of carboxylic acid groups (broad SMARTS) is 1. The monoisotopic (exact) mass is 261 g/mol. The highest BCUT2D eigenvalue weighted by Crippen LogP contribution is 2.06. The zero-order valence-electron chi connectivity index (χ0n) is 10.1. The molecule has 2 aromatic heterocycles. The number of hydrogen-bond donors (Lipinski definition) is 2. The first-order valence-corrected chi connectivity index (χ1v) is 5.39. The number of carboxylic acids is 1. The van der Waals surface area contributed by atoms with E-state index in [0.29, 0.717) is 5.69 Å². The minimum atomic E-state index is -1.10. The summed E-state index contributed by atoms with van der Waals surface area (Å²) in [5.74, 6) is -1.41. The highest BCUT2D eigenvalue weighted by atomic mass is 16.4. The van der Waals surface area contributed by atoms with Crippen molar-refractivity contribution in [2.24, 2.45) is 0 Å². The Morgan fingerprint density at radius 1 is 1.47 bits per heavy atom. The van der Waals surface area contributed by atoms with Gasteiger partial charge in [0.05, 0.1) is 12.2 Å². The number of aromatic carboxylic acids is 1. The summed E-state index contributed by atoms with van der Waals surface area (Å²) in [7, 11) is 1.51. The van der Waals surface area contributed by atoms with Crippen LogP contribution in [0.1, 0.15) is 26.5 Å². The molecular formula is C11H11N5O3. The number of nitrogens with one attached hydrogen (secondary N) is 1. The Kier molecular flexibility index (Phi) is 3.51. The third-order valence-electron chi connectivity index (χ3n) is 2.44. The fourth-order valence-electron chi connectivity index (χ4n) is 1.51. The Hall–Kier alpha value is -2.77. The number of aromatic nitrogens is 4. The van der Waals surface area contributed by atoms with Gasteiger partial charge < -0.3 is 10.4 Å². The van der Waals surface area contributed by atoms with Gasteiger partial charge in [-0.15, -0.1) is 0 Å². The third-order valence-corrected chi connectivity index (χ3v) is 2.44. The van der Waals surface area contributed by atoms with Gasteiger partial charge in [0.2, 0.25) is 0 Å². The van der Waals surface area contributed by atoms with Crippen LogP contribution in [0.15, 0.2) is 24.8 Å². The van der Waals surface area contributed by atoms with Crippen molar-refractivity contribution in [2.45, 2.75) is 6.54 Å². The Bertz CT molecular complexity index is 622.